The predicted molar refractivity (Wildman–Crippen MR) is 79.0 cm³/mol. The van der Waals surface area contributed by atoms with E-state index in [-0.39, 0.29) is 12.1 Å². The summed E-state index contributed by atoms with van der Waals surface area (Å²) in [6.07, 6.45) is 3.23. The lowest BCUT2D eigenvalue weighted by atomic mass is 10.00. The first-order chi connectivity index (χ1) is 10.1. The van der Waals surface area contributed by atoms with Gasteiger partial charge in [0.2, 0.25) is 0 Å². The molecule has 118 valence electrons. The van der Waals surface area contributed by atoms with Gasteiger partial charge in [0.05, 0.1) is 6.10 Å². The SMILES string of the molecule is CCCOC1CCCN(C(CN)c2cc(F)cc(F)c2)C1. The van der Waals surface area contributed by atoms with E-state index in [1.807, 2.05) is 0 Å². The summed E-state index contributed by atoms with van der Waals surface area (Å²) in [5, 5.41) is 0. The van der Waals surface area contributed by atoms with Crippen molar-refractivity contribution in [1.29, 1.82) is 0 Å². The number of piperidine rings is 1. The number of nitrogens with two attached hydrogens (primary N) is 1. The third-order valence-electron chi connectivity index (χ3n) is 3.90. The van der Waals surface area contributed by atoms with Crippen LogP contribution in [0.1, 0.15) is 37.8 Å². The standard InChI is InChI=1S/C16H24F2N2O/c1-2-6-21-15-4-3-5-20(11-15)16(10-19)12-7-13(17)9-14(18)8-12/h7-9,15-16H,2-6,10-11,19H2,1H3. The molecule has 2 atom stereocenters. The highest BCUT2D eigenvalue weighted by Crippen LogP contribution is 2.26. The highest BCUT2D eigenvalue weighted by Gasteiger charge is 2.27. The summed E-state index contributed by atoms with van der Waals surface area (Å²) >= 11 is 0. The molecule has 0 amide bonds. The molecule has 1 saturated heterocycles. The van der Waals surface area contributed by atoms with Crippen molar-refractivity contribution in [3.8, 4) is 0 Å². The van der Waals surface area contributed by atoms with Gasteiger partial charge in [0.15, 0.2) is 0 Å². The Labute approximate surface area is 125 Å². The zero-order valence-corrected chi connectivity index (χ0v) is 12.5. The van der Waals surface area contributed by atoms with Crippen molar-refractivity contribution in [3.05, 3.63) is 35.4 Å². The van der Waals surface area contributed by atoms with Crippen LogP contribution in [0.25, 0.3) is 0 Å². The summed E-state index contributed by atoms with van der Waals surface area (Å²) < 4.78 is 32.6. The number of benzene rings is 1. The summed E-state index contributed by atoms with van der Waals surface area (Å²) in [5.41, 5.74) is 6.46. The average Bonchev–Trinajstić information content (AvgIpc) is 2.45. The lowest BCUT2D eigenvalue weighted by Gasteiger charge is -2.38. The second-order valence-corrected chi connectivity index (χ2v) is 5.58. The Kier molecular flexibility index (Phi) is 6.08. The molecule has 1 fully saturated rings. The summed E-state index contributed by atoms with van der Waals surface area (Å²) in [6.45, 7) is 4.81. The van der Waals surface area contributed by atoms with E-state index >= 15 is 0 Å². The maximum atomic E-state index is 13.4. The fourth-order valence-corrected chi connectivity index (χ4v) is 2.93. The van der Waals surface area contributed by atoms with Gasteiger partial charge >= 0.3 is 0 Å². The Morgan fingerprint density at radius 3 is 2.67 bits per heavy atom. The van der Waals surface area contributed by atoms with E-state index in [0.29, 0.717) is 12.1 Å². The number of hydrogen-bond donors (Lipinski definition) is 1. The van der Waals surface area contributed by atoms with Crippen LogP contribution in [-0.2, 0) is 4.74 Å². The van der Waals surface area contributed by atoms with E-state index in [1.165, 1.54) is 12.1 Å². The molecule has 1 aromatic carbocycles. The molecular weight excluding hydrogens is 274 g/mol. The fourth-order valence-electron chi connectivity index (χ4n) is 2.93. The van der Waals surface area contributed by atoms with E-state index in [0.717, 1.165) is 45.0 Å². The summed E-state index contributed by atoms with van der Waals surface area (Å²) in [5.74, 6) is -1.11. The largest absolute Gasteiger partial charge is 0.377 e. The van der Waals surface area contributed by atoms with Gasteiger partial charge in [0.1, 0.15) is 11.6 Å². The summed E-state index contributed by atoms with van der Waals surface area (Å²) in [4.78, 5) is 2.18. The van der Waals surface area contributed by atoms with Gasteiger partial charge in [0, 0.05) is 31.8 Å². The van der Waals surface area contributed by atoms with Gasteiger partial charge in [-0.1, -0.05) is 6.92 Å². The molecule has 3 nitrogen and oxygen atoms in total. The first-order valence-corrected chi connectivity index (χ1v) is 7.65. The smallest absolute Gasteiger partial charge is 0.126 e. The Morgan fingerprint density at radius 1 is 1.33 bits per heavy atom. The monoisotopic (exact) mass is 298 g/mol. The Morgan fingerprint density at radius 2 is 2.05 bits per heavy atom. The number of rotatable bonds is 6. The lowest BCUT2D eigenvalue weighted by Crippen LogP contribution is -2.44. The Bertz CT molecular complexity index is 436. The highest BCUT2D eigenvalue weighted by atomic mass is 19.1. The average molecular weight is 298 g/mol. The minimum Gasteiger partial charge on any atom is -0.377 e. The number of likely N-dealkylation sites (tertiary alicyclic amines) is 1. The normalized spacial score (nSPS) is 21.4. The van der Waals surface area contributed by atoms with Crippen LogP contribution >= 0.6 is 0 Å². The molecule has 2 rings (SSSR count). The van der Waals surface area contributed by atoms with Gasteiger partial charge < -0.3 is 10.5 Å². The minimum absolute atomic E-state index is 0.164. The molecule has 2 unspecified atom stereocenters. The summed E-state index contributed by atoms with van der Waals surface area (Å²) in [6, 6.07) is 3.47. The maximum absolute atomic E-state index is 13.4. The van der Waals surface area contributed by atoms with Crippen molar-refractivity contribution in [1.82, 2.24) is 4.90 Å². The van der Waals surface area contributed by atoms with Crippen LogP contribution in [0.3, 0.4) is 0 Å². The second-order valence-electron chi connectivity index (χ2n) is 5.58. The third kappa shape index (κ3) is 4.46. The second kappa shape index (κ2) is 7.82. The molecule has 0 aliphatic carbocycles. The van der Waals surface area contributed by atoms with Crippen LogP contribution in [-0.4, -0.2) is 37.2 Å². The Hall–Kier alpha value is -1.04. The number of nitrogens with zero attached hydrogens (tertiary/aromatic N) is 1. The Balaban J connectivity index is 2.09. The molecule has 1 aliphatic heterocycles. The number of ether oxygens (including phenoxy) is 1. The van der Waals surface area contributed by atoms with E-state index < -0.39 is 11.6 Å². The van der Waals surface area contributed by atoms with Crippen molar-refractivity contribution >= 4 is 0 Å². The lowest BCUT2D eigenvalue weighted by molar-refractivity contribution is -0.0119. The van der Waals surface area contributed by atoms with Crippen LogP contribution in [0.4, 0.5) is 8.78 Å². The predicted octanol–water partition coefficient (Wildman–Crippen LogP) is 2.86. The summed E-state index contributed by atoms with van der Waals surface area (Å²) in [7, 11) is 0. The van der Waals surface area contributed by atoms with Gasteiger partial charge in [0.25, 0.3) is 0 Å². The molecular formula is C16H24F2N2O. The number of halogens is 2. The van der Waals surface area contributed by atoms with Crippen LogP contribution in [0.2, 0.25) is 0 Å². The van der Waals surface area contributed by atoms with Crippen molar-refractivity contribution in [2.45, 2.75) is 38.3 Å². The van der Waals surface area contributed by atoms with E-state index in [9.17, 15) is 8.78 Å². The van der Waals surface area contributed by atoms with Gasteiger partial charge in [-0.05, 0) is 43.5 Å². The van der Waals surface area contributed by atoms with Gasteiger partial charge in [-0.3, -0.25) is 4.90 Å². The van der Waals surface area contributed by atoms with Crippen molar-refractivity contribution in [2.75, 3.05) is 26.2 Å². The van der Waals surface area contributed by atoms with Gasteiger partial charge in [-0.2, -0.15) is 0 Å². The van der Waals surface area contributed by atoms with Crippen LogP contribution < -0.4 is 5.73 Å². The molecule has 1 aromatic rings. The van der Waals surface area contributed by atoms with Crippen molar-refractivity contribution in [2.24, 2.45) is 5.73 Å². The van der Waals surface area contributed by atoms with Gasteiger partial charge in [-0.25, -0.2) is 8.78 Å². The van der Waals surface area contributed by atoms with E-state index in [1.54, 1.807) is 0 Å². The first-order valence-electron chi connectivity index (χ1n) is 7.65. The molecule has 5 heteroatoms. The van der Waals surface area contributed by atoms with Crippen molar-refractivity contribution in [3.63, 3.8) is 0 Å². The highest BCUT2D eigenvalue weighted by molar-refractivity contribution is 5.22. The van der Waals surface area contributed by atoms with Crippen LogP contribution in [0.5, 0.6) is 0 Å². The third-order valence-corrected chi connectivity index (χ3v) is 3.90. The zero-order chi connectivity index (χ0) is 15.2. The molecule has 1 aliphatic rings. The quantitative estimate of drug-likeness (QED) is 0.877. The topological polar surface area (TPSA) is 38.5 Å². The fraction of sp³-hybridized carbons (Fsp3) is 0.625. The molecule has 0 saturated carbocycles. The minimum atomic E-state index is -0.556. The number of hydrogen-bond acceptors (Lipinski definition) is 3. The molecule has 0 radical (unpaired) electrons. The zero-order valence-electron chi connectivity index (χ0n) is 12.5. The first kappa shape index (κ1) is 16.3. The van der Waals surface area contributed by atoms with Crippen molar-refractivity contribution < 1.29 is 13.5 Å². The molecule has 0 aromatic heterocycles. The maximum Gasteiger partial charge on any atom is 0.126 e. The molecule has 0 spiro atoms. The van der Waals surface area contributed by atoms with E-state index in [2.05, 4.69) is 11.8 Å². The van der Waals surface area contributed by atoms with E-state index in [4.69, 9.17) is 10.5 Å². The van der Waals surface area contributed by atoms with Gasteiger partial charge in [-0.15, -0.1) is 0 Å². The van der Waals surface area contributed by atoms with Crippen LogP contribution in [0, 0.1) is 11.6 Å². The molecule has 2 N–H and O–H groups in total. The van der Waals surface area contributed by atoms with Crippen LogP contribution in [0.15, 0.2) is 18.2 Å². The molecule has 1 heterocycles. The molecule has 21 heavy (non-hydrogen) atoms. The molecule has 0 bridgehead atoms.